The Bertz CT molecular complexity index is 972. The molecule has 0 aromatic heterocycles. The highest BCUT2D eigenvalue weighted by molar-refractivity contribution is 6.31. The molecule has 0 saturated carbocycles. The van der Waals surface area contributed by atoms with Crippen molar-refractivity contribution in [2.24, 2.45) is 0 Å². The third-order valence-electron chi connectivity index (χ3n) is 5.88. The zero-order valence-electron chi connectivity index (χ0n) is 16.5. The summed E-state index contributed by atoms with van der Waals surface area (Å²) in [6, 6.07) is 10.9. The molecule has 2 aromatic carbocycles. The maximum atomic E-state index is 13.0. The summed E-state index contributed by atoms with van der Waals surface area (Å²) in [5.74, 6) is -0.147. The number of likely N-dealkylation sites (tertiary alicyclic amines) is 2. The Hall–Kier alpha value is -2.36. The average molecular weight is 456 g/mol. The molecule has 2 aliphatic heterocycles. The molecule has 0 amide bonds. The van der Waals surface area contributed by atoms with E-state index in [-0.39, 0.29) is 12.4 Å². The van der Waals surface area contributed by atoms with Gasteiger partial charge in [-0.2, -0.15) is 13.2 Å². The van der Waals surface area contributed by atoms with E-state index in [1.165, 1.54) is 0 Å². The molecule has 2 saturated heterocycles. The number of nitrogens with zero attached hydrogens (tertiary/aromatic N) is 3. The van der Waals surface area contributed by atoms with E-state index in [0.29, 0.717) is 24.7 Å². The summed E-state index contributed by atoms with van der Waals surface area (Å²) in [6.45, 7) is 3.24. The van der Waals surface area contributed by atoms with Gasteiger partial charge in [-0.05, 0) is 24.1 Å². The number of alkyl halides is 3. The normalized spacial score (nSPS) is 21.5. The van der Waals surface area contributed by atoms with Crippen LogP contribution in [0.5, 0.6) is 5.75 Å². The van der Waals surface area contributed by atoms with Crippen LogP contribution in [0.25, 0.3) is 0 Å². The van der Waals surface area contributed by atoms with Gasteiger partial charge in [-0.1, -0.05) is 29.8 Å². The van der Waals surface area contributed by atoms with Gasteiger partial charge in [-0.3, -0.25) is 19.9 Å². The van der Waals surface area contributed by atoms with Crippen molar-refractivity contribution >= 4 is 17.3 Å². The summed E-state index contributed by atoms with van der Waals surface area (Å²) in [5, 5.41) is 11.7. The number of halogens is 4. The highest BCUT2D eigenvalue weighted by atomic mass is 35.5. The van der Waals surface area contributed by atoms with Gasteiger partial charge in [0.2, 0.25) is 0 Å². The Morgan fingerprint density at radius 2 is 1.84 bits per heavy atom. The minimum atomic E-state index is -4.68. The molecule has 10 heteroatoms. The number of fused-ring (bicyclic) bond motifs is 2. The maximum Gasteiger partial charge on any atom is 0.416 e. The van der Waals surface area contributed by atoms with E-state index in [2.05, 4.69) is 9.80 Å². The van der Waals surface area contributed by atoms with Crippen molar-refractivity contribution < 1.29 is 22.8 Å². The van der Waals surface area contributed by atoms with Crippen LogP contribution in [0.1, 0.15) is 17.5 Å². The first-order valence-electron chi connectivity index (χ1n) is 9.91. The lowest BCUT2D eigenvalue weighted by Crippen LogP contribution is -2.47. The molecule has 0 N–H and O–H groups in total. The van der Waals surface area contributed by atoms with Crippen molar-refractivity contribution in [3.8, 4) is 5.75 Å². The van der Waals surface area contributed by atoms with Crippen molar-refractivity contribution in [3.05, 3.63) is 68.7 Å². The van der Waals surface area contributed by atoms with Crippen LogP contribution >= 0.6 is 11.6 Å². The molecule has 6 nitrogen and oxygen atoms in total. The second-order valence-corrected chi connectivity index (χ2v) is 8.29. The van der Waals surface area contributed by atoms with Crippen molar-refractivity contribution in [2.75, 3.05) is 26.2 Å². The first kappa shape index (κ1) is 21.9. The molecule has 2 fully saturated rings. The number of benzene rings is 2. The highest BCUT2D eigenvalue weighted by Gasteiger charge is 2.42. The Labute approximate surface area is 182 Å². The number of piperazine rings is 1. The molecule has 31 heavy (non-hydrogen) atoms. The van der Waals surface area contributed by atoms with E-state index in [9.17, 15) is 23.3 Å². The van der Waals surface area contributed by atoms with E-state index in [0.717, 1.165) is 48.8 Å². The molecule has 0 spiro atoms. The van der Waals surface area contributed by atoms with E-state index < -0.39 is 22.4 Å². The first-order valence-corrected chi connectivity index (χ1v) is 10.3. The van der Waals surface area contributed by atoms with Crippen LogP contribution in [0.4, 0.5) is 18.9 Å². The van der Waals surface area contributed by atoms with Gasteiger partial charge in [0.05, 0.1) is 16.6 Å². The SMILES string of the molecule is O=[N+]([O-])c1cc(OCCN2CC3C[C@@H]2CN3Cc2ccccc2Cl)cc(C(F)(F)F)c1. The fraction of sp³-hybridized carbons (Fsp3) is 0.429. The smallest absolute Gasteiger partial charge is 0.416 e. The zero-order valence-corrected chi connectivity index (χ0v) is 17.3. The fourth-order valence-electron chi connectivity index (χ4n) is 4.36. The molecule has 2 aliphatic rings. The van der Waals surface area contributed by atoms with Crippen LogP contribution in [0.15, 0.2) is 42.5 Å². The molecular formula is C21H21ClF3N3O3. The third-order valence-corrected chi connectivity index (χ3v) is 6.24. The summed E-state index contributed by atoms with van der Waals surface area (Å²) in [4.78, 5) is 14.8. The monoisotopic (exact) mass is 455 g/mol. The van der Waals surface area contributed by atoms with E-state index in [4.69, 9.17) is 16.3 Å². The minimum absolute atomic E-state index is 0.147. The lowest BCUT2D eigenvalue weighted by Gasteiger charge is -2.34. The molecule has 0 radical (unpaired) electrons. The van der Waals surface area contributed by atoms with Gasteiger partial charge in [-0.15, -0.1) is 0 Å². The van der Waals surface area contributed by atoms with E-state index in [1.54, 1.807) is 0 Å². The van der Waals surface area contributed by atoms with Gasteiger partial charge in [0.25, 0.3) is 5.69 Å². The quantitative estimate of drug-likeness (QED) is 0.451. The van der Waals surface area contributed by atoms with Crippen LogP contribution in [0.3, 0.4) is 0 Å². The highest BCUT2D eigenvalue weighted by Crippen LogP contribution is 2.35. The van der Waals surface area contributed by atoms with Crippen LogP contribution in [0, 0.1) is 10.1 Å². The van der Waals surface area contributed by atoms with Gasteiger partial charge in [0, 0.05) is 49.4 Å². The predicted molar refractivity (Wildman–Crippen MR) is 109 cm³/mol. The predicted octanol–water partition coefficient (Wildman–Crippen LogP) is 4.60. The lowest BCUT2D eigenvalue weighted by atomic mass is 10.2. The third kappa shape index (κ3) is 4.94. The molecule has 2 atom stereocenters. The minimum Gasteiger partial charge on any atom is -0.492 e. The van der Waals surface area contributed by atoms with Gasteiger partial charge in [0.15, 0.2) is 0 Å². The maximum absolute atomic E-state index is 13.0. The van der Waals surface area contributed by atoms with Crippen LogP contribution in [-0.2, 0) is 12.7 Å². The number of hydrogen-bond donors (Lipinski definition) is 0. The summed E-state index contributed by atoms with van der Waals surface area (Å²) in [5.41, 5.74) is -0.634. The van der Waals surface area contributed by atoms with Crippen LogP contribution in [-0.4, -0.2) is 53.0 Å². The van der Waals surface area contributed by atoms with Gasteiger partial charge < -0.3 is 4.74 Å². The topological polar surface area (TPSA) is 58.9 Å². The second-order valence-electron chi connectivity index (χ2n) is 7.88. The Morgan fingerprint density at radius 1 is 1.13 bits per heavy atom. The molecular weight excluding hydrogens is 435 g/mol. The fourth-order valence-corrected chi connectivity index (χ4v) is 4.56. The Kier molecular flexibility index (Phi) is 6.09. The number of hydrogen-bond acceptors (Lipinski definition) is 5. The van der Waals surface area contributed by atoms with Crippen LogP contribution in [0.2, 0.25) is 5.02 Å². The zero-order chi connectivity index (χ0) is 22.2. The second kappa shape index (κ2) is 8.64. The number of nitro groups is 1. The molecule has 1 unspecified atom stereocenters. The summed E-state index contributed by atoms with van der Waals surface area (Å²) >= 11 is 6.26. The summed E-state index contributed by atoms with van der Waals surface area (Å²) in [7, 11) is 0. The molecule has 2 aromatic rings. The standard InChI is InChI=1S/C21H21ClF3N3O3/c22-20-4-2-1-3-14(20)11-27-13-17-9-18(27)12-26(17)5-6-31-19-8-15(21(23,24)25)7-16(10-19)28(29)30/h1-4,7-8,10,17-18H,5-6,9,11-13H2/t17-,18?/m1/s1. The molecule has 166 valence electrons. The Morgan fingerprint density at radius 3 is 2.48 bits per heavy atom. The number of rotatable bonds is 7. The molecule has 2 heterocycles. The summed E-state index contributed by atoms with van der Waals surface area (Å²) < 4.78 is 44.5. The number of non-ortho nitro benzene ring substituents is 1. The van der Waals surface area contributed by atoms with Gasteiger partial charge in [-0.25, -0.2) is 0 Å². The van der Waals surface area contributed by atoms with Gasteiger partial charge in [0.1, 0.15) is 12.4 Å². The van der Waals surface area contributed by atoms with E-state index in [1.807, 2.05) is 24.3 Å². The molecule has 4 rings (SSSR count). The Balaban J connectivity index is 1.32. The van der Waals surface area contributed by atoms with Gasteiger partial charge >= 0.3 is 6.18 Å². The van der Waals surface area contributed by atoms with Crippen molar-refractivity contribution in [1.82, 2.24) is 9.80 Å². The number of nitro benzene ring substituents is 1. The average Bonchev–Trinajstić information content (AvgIpc) is 3.29. The molecule has 2 bridgehead atoms. The van der Waals surface area contributed by atoms with Crippen molar-refractivity contribution in [2.45, 2.75) is 31.2 Å². The van der Waals surface area contributed by atoms with Crippen LogP contribution < -0.4 is 4.74 Å². The number of ether oxygens (including phenoxy) is 1. The molecule has 0 aliphatic carbocycles. The largest absolute Gasteiger partial charge is 0.492 e. The van der Waals surface area contributed by atoms with Crippen molar-refractivity contribution in [1.29, 1.82) is 0 Å². The van der Waals surface area contributed by atoms with E-state index >= 15 is 0 Å². The van der Waals surface area contributed by atoms with Crippen molar-refractivity contribution in [3.63, 3.8) is 0 Å². The lowest BCUT2D eigenvalue weighted by molar-refractivity contribution is -0.385. The summed E-state index contributed by atoms with van der Waals surface area (Å²) in [6.07, 6.45) is -3.65. The first-order chi connectivity index (χ1) is 14.7.